The zero-order valence-corrected chi connectivity index (χ0v) is 11.3. The summed E-state index contributed by atoms with van der Waals surface area (Å²) in [4.78, 5) is 7.32. The van der Waals surface area contributed by atoms with Crippen LogP contribution >= 0.6 is 0 Å². The minimum atomic E-state index is 0.260. The Labute approximate surface area is 104 Å². The Kier molecular flexibility index (Phi) is 2.51. The molecule has 2 aliphatic heterocycles. The highest BCUT2D eigenvalue weighted by molar-refractivity contribution is 5.90. The second-order valence-electron chi connectivity index (χ2n) is 6.72. The van der Waals surface area contributed by atoms with Crippen LogP contribution in [0.2, 0.25) is 0 Å². The molecule has 0 aromatic heterocycles. The number of nitrogens with zero attached hydrogens (tertiary/aromatic N) is 2. The van der Waals surface area contributed by atoms with Gasteiger partial charge in [0.15, 0.2) is 0 Å². The Morgan fingerprint density at radius 2 is 2.12 bits per heavy atom. The number of amidine groups is 1. The van der Waals surface area contributed by atoms with Crippen molar-refractivity contribution in [1.29, 1.82) is 0 Å². The summed E-state index contributed by atoms with van der Waals surface area (Å²) in [6.07, 6.45) is 6.66. The predicted molar refractivity (Wildman–Crippen MR) is 69.4 cm³/mol. The summed E-state index contributed by atoms with van der Waals surface area (Å²) in [5.74, 6) is 1.25. The van der Waals surface area contributed by atoms with Gasteiger partial charge in [-0.25, -0.2) is 0 Å². The minimum absolute atomic E-state index is 0.260. The minimum Gasteiger partial charge on any atom is -0.373 e. The largest absolute Gasteiger partial charge is 0.373 e. The van der Waals surface area contributed by atoms with E-state index < -0.39 is 0 Å². The molecule has 0 aromatic carbocycles. The highest BCUT2D eigenvalue weighted by Crippen LogP contribution is 2.50. The molecule has 96 valence electrons. The van der Waals surface area contributed by atoms with Crippen molar-refractivity contribution in [2.24, 2.45) is 10.4 Å². The van der Waals surface area contributed by atoms with Crippen LogP contribution in [0.5, 0.6) is 0 Å². The fraction of sp³-hybridized carbons (Fsp3) is 0.929. The molecule has 1 aliphatic carbocycles. The first-order valence-corrected chi connectivity index (χ1v) is 6.91. The first-order valence-electron chi connectivity index (χ1n) is 6.91. The van der Waals surface area contributed by atoms with Crippen molar-refractivity contribution in [3.05, 3.63) is 0 Å². The van der Waals surface area contributed by atoms with Crippen LogP contribution in [0.1, 0.15) is 46.0 Å². The monoisotopic (exact) mass is 236 g/mol. The molecule has 0 N–H and O–H groups in total. The van der Waals surface area contributed by atoms with Crippen molar-refractivity contribution in [1.82, 2.24) is 4.90 Å². The van der Waals surface area contributed by atoms with Crippen LogP contribution in [-0.2, 0) is 4.74 Å². The number of hydrogen-bond donors (Lipinski definition) is 0. The van der Waals surface area contributed by atoms with E-state index in [1.165, 1.54) is 31.5 Å². The molecule has 2 atom stereocenters. The third-order valence-corrected chi connectivity index (χ3v) is 4.96. The van der Waals surface area contributed by atoms with E-state index in [4.69, 9.17) is 9.73 Å². The van der Waals surface area contributed by atoms with Crippen LogP contribution < -0.4 is 0 Å². The first-order chi connectivity index (χ1) is 8.06. The lowest BCUT2D eigenvalue weighted by Crippen LogP contribution is -2.52. The standard InChI is InChI=1S/C14H24N2O/c1-13(2)5-6-14(10-13)7-8-15-12-11(17-3)4-9-16(12)14/h11H,4-10H2,1-3H3/t11-,14-/m1/s1. The molecular formula is C14H24N2O. The molecule has 0 radical (unpaired) electrons. The number of hydrogen-bond acceptors (Lipinski definition) is 3. The maximum absolute atomic E-state index is 5.56. The van der Waals surface area contributed by atoms with Gasteiger partial charge in [-0.3, -0.25) is 4.99 Å². The SMILES string of the molecule is CO[C@@H]1CCN2C1=NCC[C@@]21CCC(C)(C)C1. The maximum Gasteiger partial charge on any atom is 0.129 e. The predicted octanol–water partition coefficient (Wildman–Crippen LogP) is 2.46. The van der Waals surface area contributed by atoms with Gasteiger partial charge in [-0.15, -0.1) is 0 Å². The topological polar surface area (TPSA) is 24.8 Å². The Morgan fingerprint density at radius 3 is 2.76 bits per heavy atom. The van der Waals surface area contributed by atoms with E-state index in [0.29, 0.717) is 11.0 Å². The second-order valence-corrected chi connectivity index (χ2v) is 6.72. The fourth-order valence-electron chi connectivity index (χ4n) is 4.15. The zero-order valence-electron chi connectivity index (χ0n) is 11.3. The van der Waals surface area contributed by atoms with Gasteiger partial charge in [0, 0.05) is 25.7 Å². The quantitative estimate of drug-likeness (QED) is 0.698. The number of fused-ring (bicyclic) bond motifs is 2. The molecule has 2 heterocycles. The molecule has 0 aromatic rings. The Bertz CT molecular complexity index is 350. The van der Waals surface area contributed by atoms with E-state index >= 15 is 0 Å². The van der Waals surface area contributed by atoms with E-state index in [2.05, 4.69) is 18.7 Å². The van der Waals surface area contributed by atoms with Crippen LogP contribution in [0.4, 0.5) is 0 Å². The molecule has 1 saturated heterocycles. The van der Waals surface area contributed by atoms with Crippen LogP contribution in [0, 0.1) is 5.41 Å². The summed E-state index contributed by atoms with van der Waals surface area (Å²) in [5, 5.41) is 0. The molecule has 3 aliphatic rings. The third kappa shape index (κ3) is 1.70. The van der Waals surface area contributed by atoms with Crippen LogP contribution in [0.15, 0.2) is 4.99 Å². The maximum atomic E-state index is 5.56. The molecule has 3 rings (SSSR count). The Hall–Kier alpha value is -0.570. The van der Waals surface area contributed by atoms with Crippen molar-refractivity contribution in [2.45, 2.75) is 57.6 Å². The number of ether oxygens (including phenoxy) is 1. The summed E-state index contributed by atoms with van der Waals surface area (Å²) < 4.78 is 5.56. The Balaban J connectivity index is 1.88. The molecule has 17 heavy (non-hydrogen) atoms. The van der Waals surface area contributed by atoms with Gasteiger partial charge < -0.3 is 9.64 Å². The lowest BCUT2D eigenvalue weighted by molar-refractivity contribution is 0.145. The second kappa shape index (κ2) is 3.71. The molecule has 1 saturated carbocycles. The number of rotatable bonds is 1. The lowest BCUT2D eigenvalue weighted by atomic mass is 9.84. The van der Waals surface area contributed by atoms with E-state index in [9.17, 15) is 0 Å². The summed E-state index contributed by atoms with van der Waals surface area (Å²) in [6, 6.07) is 0. The van der Waals surface area contributed by atoms with Crippen molar-refractivity contribution in [3.8, 4) is 0 Å². The molecule has 0 amide bonds. The van der Waals surface area contributed by atoms with Gasteiger partial charge in [0.25, 0.3) is 0 Å². The average Bonchev–Trinajstić information content (AvgIpc) is 2.82. The molecule has 0 unspecified atom stereocenters. The van der Waals surface area contributed by atoms with Crippen molar-refractivity contribution >= 4 is 5.84 Å². The first kappa shape index (κ1) is 11.5. The van der Waals surface area contributed by atoms with E-state index in [1.54, 1.807) is 0 Å². The van der Waals surface area contributed by atoms with Gasteiger partial charge in [-0.1, -0.05) is 13.8 Å². The van der Waals surface area contributed by atoms with Gasteiger partial charge in [0.05, 0.1) is 0 Å². The highest BCUT2D eigenvalue weighted by Gasteiger charge is 2.51. The molecule has 1 spiro atoms. The molecule has 3 heteroatoms. The molecule has 2 fully saturated rings. The van der Waals surface area contributed by atoms with Crippen LogP contribution in [-0.4, -0.2) is 42.6 Å². The van der Waals surface area contributed by atoms with Gasteiger partial charge in [-0.2, -0.15) is 0 Å². The van der Waals surface area contributed by atoms with Gasteiger partial charge in [0.1, 0.15) is 11.9 Å². The van der Waals surface area contributed by atoms with Gasteiger partial charge in [0.2, 0.25) is 0 Å². The Morgan fingerprint density at radius 1 is 1.29 bits per heavy atom. The van der Waals surface area contributed by atoms with Gasteiger partial charge in [-0.05, 0) is 37.5 Å². The van der Waals surface area contributed by atoms with Crippen molar-refractivity contribution in [3.63, 3.8) is 0 Å². The lowest BCUT2D eigenvalue weighted by Gasteiger charge is -2.44. The van der Waals surface area contributed by atoms with Crippen molar-refractivity contribution in [2.75, 3.05) is 20.2 Å². The van der Waals surface area contributed by atoms with Crippen molar-refractivity contribution < 1.29 is 4.74 Å². The van der Waals surface area contributed by atoms with E-state index in [-0.39, 0.29) is 6.10 Å². The summed E-state index contributed by atoms with van der Waals surface area (Å²) >= 11 is 0. The molecular weight excluding hydrogens is 212 g/mol. The van der Waals surface area contributed by atoms with E-state index in [0.717, 1.165) is 19.5 Å². The summed E-state index contributed by atoms with van der Waals surface area (Å²) in [5.41, 5.74) is 0.918. The molecule has 3 nitrogen and oxygen atoms in total. The zero-order chi connectivity index (χ0) is 12.1. The molecule has 0 bridgehead atoms. The van der Waals surface area contributed by atoms with E-state index in [1.807, 2.05) is 7.11 Å². The van der Waals surface area contributed by atoms with Crippen LogP contribution in [0.25, 0.3) is 0 Å². The third-order valence-electron chi connectivity index (χ3n) is 4.96. The van der Waals surface area contributed by atoms with Crippen LogP contribution in [0.3, 0.4) is 0 Å². The fourth-order valence-corrected chi connectivity index (χ4v) is 4.15. The summed E-state index contributed by atoms with van der Waals surface area (Å²) in [6.45, 7) is 6.98. The average molecular weight is 236 g/mol. The normalized spacial score (nSPS) is 39.6. The highest BCUT2D eigenvalue weighted by atomic mass is 16.5. The van der Waals surface area contributed by atoms with Gasteiger partial charge >= 0.3 is 0 Å². The smallest absolute Gasteiger partial charge is 0.129 e. The summed E-state index contributed by atoms with van der Waals surface area (Å²) in [7, 11) is 1.82. The number of aliphatic imine (C=N–C) groups is 1. The number of methoxy groups -OCH3 is 1.